The fraction of sp³-hybridized carbons (Fsp3) is 1.00. The molecule has 3 nitrogen and oxygen atoms in total. The summed E-state index contributed by atoms with van der Waals surface area (Å²) >= 11 is 1.96. The van der Waals surface area contributed by atoms with Crippen molar-refractivity contribution < 1.29 is 14.2 Å². The van der Waals surface area contributed by atoms with Crippen molar-refractivity contribution >= 4 is 11.8 Å². The molecule has 0 radical (unpaired) electrons. The van der Waals surface area contributed by atoms with Gasteiger partial charge in [0, 0.05) is 4.75 Å². The second kappa shape index (κ2) is 4.97. The molecule has 2 rings (SSSR count). The van der Waals surface area contributed by atoms with Gasteiger partial charge in [-0.05, 0) is 20.8 Å². The number of hydrogen-bond donors (Lipinski definition) is 0. The van der Waals surface area contributed by atoms with E-state index in [1.807, 2.05) is 11.8 Å². The maximum Gasteiger partial charge on any atom is 0.113 e. The predicted molar refractivity (Wildman–Crippen MR) is 75.2 cm³/mol. The Morgan fingerprint density at radius 2 is 1.56 bits per heavy atom. The summed E-state index contributed by atoms with van der Waals surface area (Å²) in [5, 5.41) is 0.434. The van der Waals surface area contributed by atoms with Gasteiger partial charge in [-0.15, -0.1) is 11.8 Å². The molecule has 2 heterocycles. The number of ether oxygens (including phenoxy) is 3. The van der Waals surface area contributed by atoms with Crippen molar-refractivity contribution in [3.63, 3.8) is 0 Å². The van der Waals surface area contributed by atoms with Crippen LogP contribution in [0.1, 0.15) is 41.5 Å². The summed E-state index contributed by atoms with van der Waals surface area (Å²) in [5.74, 6) is 0. The van der Waals surface area contributed by atoms with Crippen LogP contribution in [0.3, 0.4) is 0 Å². The molecule has 18 heavy (non-hydrogen) atoms. The van der Waals surface area contributed by atoms with E-state index in [4.69, 9.17) is 14.2 Å². The molecule has 106 valence electrons. The molecule has 4 atom stereocenters. The quantitative estimate of drug-likeness (QED) is 0.774. The van der Waals surface area contributed by atoms with Crippen LogP contribution in [0.5, 0.6) is 0 Å². The summed E-state index contributed by atoms with van der Waals surface area (Å²) in [6.45, 7) is 14.4. The van der Waals surface area contributed by atoms with Gasteiger partial charge in [0.15, 0.2) is 0 Å². The molecular weight excluding hydrogens is 248 g/mol. The van der Waals surface area contributed by atoms with Crippen molar-refractivity contribution in [2.24, 2.45) is 0 Å². The van der Waals surface area contributed by atoms with Gasteiger partial charge in [-0.25, -0.2) is 0 Å². The van der Waals surface area contributed by atoms with Gasteiger partial charge in [0.25, 0.3) is 0 Å². The molecular formula is C14H26O3S. The molecule has 2 aliphatic rings. The van der Waals surface area contributed by atoms with E-state index >= 15 is 0 Å². The van der Waals surface area contributed by atoms with Crippen molar-refractivity contribution in [1.29, 1.82) is 0 Å². The van der Waals surface area contributed by atoms with Crippen molar-refractivity contribution in [3.05, 3.63) is 0 Å². The Morgan fingerprint density at radius 1 is 0.944 bits per heavy atom. The second-order valence-electron chi connectivity index (χ2n) is 7.13. The highest BCUT2D eigenvalue weighted by atomic mass is 32.2. The highest BCUT2D eigenvalue weighted by molar-refractivity contribution is 8.01. The van der Waals surface area contributed by atoms with Crippen LogP contribution in [-0.4, -0.2) is 47.1 Å². The molecule has 4 unspecified atom stereocenters. The Hall–Kier alpha value is 0.230. The molecule has 2 aliphatic heterocycles. The smallest absolute Gasteiger partial charge is 0.113 e. The summed E-state index contributed by atoms with van der Waals surface area (Å²) in [7, 11) is 0. The van der Waals surface area contributed by atoms with Crippen LogP contribution >= 0.6 is 11.8 Å². The van der Waals surface area contributed by atoms with E-state index in [0.717, 1.165) is 6.61 Å². The van der Waals surface area contributed by atoms with Crippen molar-refractivity contribution in [2.75, 3.05) is 13.2 Å². The van der Waals surface area contributed by atoms with Gasteiger partial charge in [-0.2, -0.15) is 0 Å². The first-order valence-corrected chi connectivity index (χ1v) is 7.62. The molecule has 2 fully saturated rings. The maximum atomic E-state index is 6.03. The van der Waals surface area contributed by atoms with E-state index in [1.54, 1.807) is 0 Å². The standard InChI is InChI=1S/C14H26O3S/c1-13(2,3)17-9-7-15-12-10(8-16-11(9)12)18-14(4,5)6/h9-12H,7-8H2,1-6H3. The van der Waals surface area contributed by atoms with Crippen LogP contribution in [0.15, 0.2) is 0 Å². The summed E-state index contributed by atoms with van der Waals surface area (Å²) in [5.41, 5.74) is -0.137. The third-order valence-corrected chi connectivity index (χ3v) is 4.39. The fourth-order valence-corrected chi connectivity index (χ4v) is 3.96. The lowest BCUT2D eigenvalue weighted by atomic mass is 10.1. The highest BCUT2D eigenvalue weighted by Gasteiger charge is 2.50. The zero-order valence-electron chi connectivity index (χ0n) is 12.4. The van der Waals surface area contributed by atoms with E-state index in [1.165, 1.54) is 0 Å². The Kier molecular flexibility index (Phi) is 4.04. The Morgan fingerprint density at radius 3 is 2.11 bits per heavy atom. The average Bonchev–Trinajstić information content (AvgIpc) is 2.66. The minimum absolute atomic E-state index is 0.0839. The zero-order valence-corrected chi connectivity index (χ0v) is 13.2. The van der Waals surface area contributed by atoms with E-state index in [0.29, 0.717) is 11.9 Å². The van der Waals surface area contributed by atoms with Crippen LogP contribution in [0.25, 0.3) is 0 Å². The lowest BCUT2D eigenvalue weighted by molar-refractivity contribution is -0.102. The summed E-state index contributed by atoms with van der Waals surface area (Å²) in [6.07, 6.45) is 0.395. The van der Waals surface area contributed by atoms with E-state index in [-0.39, 0.29) is 28.7 Å². The highest BCUT2D eigenvalue weighted by Crippen LogP contribution is 2.40. The Labute approximate surface area is 115 Å². The average molecular weight is 274 g/mol. The lowest BCUT2D eigenvalue weighted by Gasteiger charge is -2.27. The van der Waals surface area contributed by atoms with Crippen LogP contribution in [-0.2, 0) is 14.2 Å². The topological polar surface area (TPSA) is 27.7 Å². The van der Waals surface area contributed by atoms with E-state index in [2.05, 4.69) is 41.5 Å². The van der Waals surface area contributed by atoms with Gasteiger partial charge in [0.2, 0.25) is 0 Å². The van der Waals surface area contributed by atoms with Crippen molar-refractivity contribution in [3.8, 4) is 0 Å². The van der Waals surface area contributed by atoms with Gasteiger partial charge in [0.05, 0.1) is 24.1 Å². The van der Waals surface area contributed by atoms with Crippen LogP contribution < -0.4 is 0 Å². The van der Waals surface area contributed by atoms with Gasteiger partial charge < -0.3 is 14.2 Å². The minimum Gasteiger partial charge on any atom is -0.371 e. The fourth-order valence-electron chi connectivity index (χ4n) is 2.54. The summed E-state index contributed by atoms with van der Waals surface area (Å²) in [4.78, 5) is 0. The van der Waals surface area contributed by atoms with Crippen LogP contribution in [0, 0.1) is 0 Å². The van der Waals surface area contributed by atoms with E-state index in [9.17, 15) is 0 Å². The molecule has 2 saturated heterocycles. The largest absolute Gasteiger partial charge is 0.371 e. The first-order chi connectivity index (χ1) is 8.16. The van der Waals surface area contributed by atoms with Crippen LogP contribution in [0.2, 0.25) is 0 Å². The molecule has 0 aromatic rings. The van der Waals surface area contributed by atoms with Crippen molar-refractivity contribution in [1.82, 2.24) is 0 Å². The van der Waals surface area contributed by atoms with Gasteiger partial charge in [-0.3, -0.25) is 0 Å². The molecule has 0 amide bonds. The first kappa shape index (κ1) is 14.6. The molecule has 0 saturated carbocycles. The normalized spacial score (nSPS) is 37.0. The molecule has 0 aliphatic carbocycles. The molecule has 0 spiro atoms. The zero-order chi connectivity index (χ0) is 13.6. The number of thioether (sulfide) groups is 1. The third-order valence-electron chi connectivity index (χ3n) is 2.97. The summed E-state index contributed by atoms with van der Waals surface area (Å²) in [6, 6.07) is 0. The predicted octanol–water partition coefficient (Wildman–Crippen LogP) is 2.87. The van der Waals surface area contributed by atoms with Gasteiger partial charge >= 0.3 is 0 Å². The van der Waals surface area contributed by atoms with Gasteiger partial charge in [0.1, 0.15) is 18.3 Å². The van der Waals surface area contributed by atoms with Gasteiger partial charge in [-0.1, -0.05) is 20.8 Å². The second-order valence-corrected chi connectivity index (χ2v) is 9.20. The number of hydrogen-bond acceptors (Lipinski definition) is 4. The molecule has 0 N–H and O–H groups in total. The molecule has 0 aromatic carbocycles. The third kappa shape index (κ3) is 3.62. The monoisotopic (exact) mass is 274 g/mol. The minimum atomic E-state index is -0.137. The van der Waals surface area contributed by atoms with Crippen molar-refractivity contribution in [2.45, 2.75) is 75.5 Å². The van der Waals surface area contributed by atoms with E-state index < -0.39 is 0 Å². The first-order valence-electron chi connectivity index (χ1n) is 6.74. The van der Waals surface area contributed by atoms with Crippen LogP contribution in [0.4, 0.5) is 0 Å². The number of fused-ring (bicyclic) bond motifs is 1. The maximum absolute atomic E-state index is 6.03. The molecule has 4 heteroatoms. The molecule has 0 aromatic heterocycles. The lowest BCUT2D eigenvalue weighted by Crippen LogP contribution is -2.37. The molecule has 0 bridgehead atoms. The number of rotatable bonds is 2. The Balaban J connectivity index is 1.95. The SMILES string of the molecule is CC(C)(C)OC1COC2C(SC(C)(C)C)COC12. The summed E-state index contributed by atoms with van der Waals surface area (Å²) < 4.78 is 18.1. The Bertz CT molecular complexity index is 262.